The zero-order valence-electron chi connectivity index (χ0n) is 12.5. The van der Waals surface area contributed by atoms with Crippen LogP contribution in [0.2, 0.25) is 0 Å². The van der Waals surface area contributed by atoms with Crippen molar-refractivity contribution in [2.45, 2.75) is 12.8 Å². The standard InChI is InChI=1S/C17H18N2O3/c1-22-17(21)14-9-16(20)19(11-14)8-6-12-3-2-4-13-10-18-7-5-15(12)13/h2-5,7,10,14H,6,8-9,11H2,1H3. The highest BCUT2D eigenvalue weighted by molar-refractivity contribution is 5.87. The third-order valence-corrected chi connectivity index (χ3v) is 4.17. The normalized spacial score (nSPS) is 18.0. The number of hydrogen-bond donors (Lipinski definition) is 0. The summed E-state index contributed by atoms with van der Waals surface area (Å²) in [5, 5.41) is 2.26. The average molecular weight is 298 g/mol. The number of hydrogen-bond acceptors (Lipinski definition) is 4. The number of aromatic nitrogens is 1. The third-order valence-electron chi connectivity index (χ3n) is 4.17. The van der Waals surface area contributed by atoms with Crippen LogP contribution in [0, 0.1) is 5.92 Å². The first-order valence-electron chi connectivity index (χ1n) is 7.36. The lowest BCUT2D eigenvalue weighted by molar-refractivity contribution is -0.145. The molecule has 1 atom stereocenters. The van der Waals surface area contributed by atoms with E-state index >= 15 is 0 Å². The molecule has 1 fully saturated rings. The first kappa shape index (κ1) is 14.5. The Bertz CT molecular complexity index is 709. The summed E-state index contributed by atoms with van der Waals surface area (Å²) in [6, 6.07) is 8.09. The number of likely N-dealkylation sites (tertiary alicyclic amines) is 1. The molecule has 2 heterocycles. The summed E-state index contributed by atoms with van der Waals surface area (Å²) in [5.74, 6) is -0.599. The molecule has 1 aromatic carbocycles. The summed E-state index contributed by atoms with van der Waals surface area (Å²) in [5.41, 5.74) is 1.19. The van der Waals surface area contributed by atoms with E-state index in [0.717, 1.165) is 17.2 Å². The number of ether oxygens (including phenoxy) is 1. The number of pyridine rings is 1. The molecule has 1 aliphatic rings. The molecule has 3 rings (SSSR count). The topological polar surface area (TPSA) is 59.5 Å². The maximum absolute atomic E-state index is 12.0. The first-order valence-corrected chi connectivity index (χ1v) is 7.36. The summed E-state index contributed by atoms with van der Waals surface area (Å²) < 4.78 is 4.73. The third kappa shape index (κ3) is 2.79. The Morgan fingerprint density at radius 3 is 3.09 bits per heavy atom. The van der Waals surface area contributed by atoms with Crippen molar-refractivity contribution in [3.63, 3.8) is 0 Å². The molecule has 0 saturated carbocycles. The van der Waals surface area contributed by atoms with Gasteiger partial charge in [-0.05, 0) is 23.4 Å². The molecule has 1 aromatic heterocycles. The fourth-order valence-electron chi connectivity index (χ4n) is 2.98. The van der Waals surface area contributed by atoms with E-state index in [-0.39, 0.29) is 24.2 Å². The summed E-state index contributed by atoms with van der Waals surface area (Å²) in [6.07, 6.45) is 4.64. The van der Waals surface area contributed by atoms with Gasteiger partial charge in [0.1, 0.15) is 0 Å². The molecular weight excluding hydrogens is 280 g/mol. The Labute approximate surface area is 128 Å². The monoisotopic (exact) mass is 298 g/mol. The van der Waals surface area contributed by atoms with Gasteiger partial charge in [0.05, 0.1) is 13.0 Å². The molecule has 22 heavy (non-hydrogen) atoms. The quantitative estimate of drug-likeness (QED) is 0.808. The molecule has 5 heteroatoms. The first-order chi connectivity index (χ1) is 10.7. The fraction of sp³-hybridized carbons (Fsp3) is 0.353. The number of rotatable bonds is 4. The lowest BCUT2D eigenvalue weighted by Gasteiger charge is -2.16. The van der Waals surface area contributed by atoms with Gasteiger partial charge in [-0.3, -0.25) is 14.6 Å². The smallest absolute Gasteiger partial charge is 0.310 e. The Morgan fingerprint density at radius 1 is 1.41 bits per heavy atom. The van der Waals surface area contributed by atoms with E-state index in [4.69, 9.17) is 4.74 Å². The maximum Gasteiger partial charge on any atom is 0.310 e. The molecular formula is C17H18N2O3. The number of methoxy groups -OCH3 is 1. The number of nitrogens with zero attached hydrogens (tertiary/aromatic N) is 2. The second kappa shape index (κ2) is 6.13. The molecule has 1 amide bonds. The summed E-state index contributed by atoms with van der Waals surface area (Å²) in [4.78, 5) is 29.4. The van der Waals surface area contributed by atoms with E-state index in [0.29, 0.717) is 13.1 Å². The van der Waals surface area contributed by atoms with Crippen molar-refractivity contribution < 1.29 is 14.3 Å². The predicted molar refractivity (Wildman–Crippen MR) is 82.2 cm³/mol. The van der Waals surface area contributed by atoms with Crippen LogP contribution in [0.4, 0.5) is 0 Å². The number of amides is 1. The van der Waals surface area contributed by atoms with Gasteiger partial charge in [0, 0.05) is 37.3 Å². The molecule has 5 nitrogen and oxygen atoms in total. The fourth-order valence-corrected chi connectivity index (χ4v) is 2.98. The molecule has 1 unspecified atom stereocenters. The number of carbonyl (C=O) groups is 2. The maximum atomic E-state index is 12.0. The van der Waals surface area contributed by atoms with Crippen LogP contribution in [-0.2, 0) is 20.7 Å². The molecule has 1 aliphatic heterocycles. The number of benzene rings is 1. The lowest BCUT2D eigenvalue weighted by Crippen LogP contribution is -2.28. The van der Waals surface area contributed by atoms with Gasteiger partial charge in [-0.15, -0.1) is 0 Å². The SMILES string of the molecule is COC(=O)C1CC(=O)N(CCc2cccc3cnccc23)C1. The number of esters is 1. The Hall–Kier alpha value is -2.43. The van der Waals surface area contributed by atoms with Crippen LogP contribution in [0.5, 0.6) is 0 Å². The van der Waals surface area contributed by atoms with Gasteiger partial charge in [0.15, 0.2) is 0 Å². The van der Waals surface area contributed by atoms with E-state index in [1.54, 1.807) is 11.1 Å². The van der Waals surface area contributed by atoms with Crippen LogP contribution in [0.15, 0.2) is 36.7 Å². The highest BCUT2D eigenvalue weighted by Gasteiger charge is 2.34. The summed E-state index contributed by atoms with van der Waals surface area (Å²) in [7, 11) is 1.36. The number of fused-ring (bicyclic) bond motifs is 1. The van der Waals surface area contributed by atoms with E-state index in [1.165, 1.54) is 12.7 Å². The van der Waals surface area contributed by atoms with Crippen LogP contribution in [0.25, 0.3) is 10.8 Å². The van der Waals surface area contributed by atoms with E-state index < -0.39 is 0 Å². The van der Waals surface area contributed by atoms with Crippen molar-refractivity contribution in [2.75, 3.05) is 20.2 Å². The van der Waals surface area contributed by atoms with Gasteiger partial charge in [-0.25, -0.2) is 0 Å². The largest absolute Gasteiger partial charge is 0.469 e. The minimum Gasteiger partial charge on any atom is -0.469 e. The molecule has 0 radical (unpaired) electrons. The molecule has 0 bridgehead atoms. The van der Waals surface area contributed by atoms with Crippen LogP contribution in [0.3, 0.4) is 0 Å². The van der Waals surface area contributed by atoms with Gasteiger partial charge in [-0.1, -0.05) is 18.2 Å². The Kier molecular flexibility index (Phi) is 4.04. The van der Waals surface area contributed by atoms with Crippen molar-refractivity contribution in [1.29, 1.82) is 0 Å². The van der Waals surface area contributed by atoms with E-state index in [9.17, 15) is 9.59 Å². The van der Waals surface area contributed by atoms with Gasteiger partial charge in [0.2, 0.25) is 5.91 Å². The second-order valence-electron chi connectivity index (χ2n) is 5.53. The Morgan fingerprint density at radius 2 is 2.27 bits per heavy atom. The highest BCUT2D eigenvalue weighted by atomic mass is 16.5. The molecule has 0 spiro atoms. The van der Waals surface area contributed by atoms with E-state index in [1.807, 2.05) is 24.4 Å². The van der Waals surface area contributed by atoms with Crippen LogP contribution in [0.1, 0.15) is 12.0 Å². The van der Waals surface area contributed by atoms with Crippen molar-refractivity contribution >= 4 is 22.6 Å². The molecule has 2 aromatic rings. The van der Waals surface area contributed by atoms with Crippen LogP contribution in [-0.4, -0.2) is 42.0 Å². The zero-order valence-corrected chi connectivity index (χ0v) is 12.5. The zero-order chi connectivity index (χ0) is 15.5. The summed E-state index contributed by atoms with van der Waals surface area (Å²) in [6.45, 7) is 1.07. The second-order valence-corrected chi connectivity index (χ2v) is 5.53. The van der Waals surface area contributed by atoms with Gasteiger partial charge in [0.25, 0.3) is 0 Å². The highest BCUT2D eigenvalue weighted by Crippen LogP contribution is 2.22. The Balaban J connectivity index is 1.70. The number of carbonyl (C=O) groups excluding carboxylic acids is 2. The van der Waals surface area contributed by atoms with Crippen LogP contribution < -0.4 is 0 Å². The van der Waals surface area contributed by atoms with Crippen molar-refractivity contribution in [3.8, 4) is 0 Å². The molecule has 0 N–H and O–H groups in total. The minimum absolute atomic E-state index is 0.0253. The molecule has 114 valence electrons. The predicted octanol–water partition coefficient (Wildman–Crippen LogP) is 1.80. The van der Waals surface area contributed by atoms with Crippen LogP contribution >= 0.6 is 0 Å². The van der Waals surface area contributed by atoms with Crippen molar-refractivity contribution in [2.24, 2.45) is 5.92 Å². The van der Waals surface area contributed by atoms with Gasteiger partial charge < -0.3 is 9.64 Å². The molecule has 0 aliphatic carbocycles. The lowest BCUT2D eigenvalue weighted by atomic mass is 10.0. The molecule has 1 saturated heterocycles. The van der Waals surface area contributed by atoms with Crippen molar-refractivity contribution in [3.05, 3.63) is 42.2 Å². The van der Waals surface area contributed by atoms with Gasteiger partial charge >= 0.3 is 5.97 Å². The minimum atomic E-state index is -0.325. The average Bonchev–Trinajstić information content (AvgIpc) is 2.93. The summed E-state index contributed by atoms with van der Waals surface area (Å²) >= 11 is 0. The van der Waals surface area contributed by atoms with E-state index in [2.05, 4.69) is 11.1 Å². The van der Waals surface area contributed by atoms with Crippen molar-refractivity contribution in [1.82, 2.24) is 9.88 Å². The van der Waals surface area contributed by atoms with Gasteiger partial charge in [-0.2, -0.15) is 0 Å².